The molecule has 0 aliphatic rings. The Labute approximate surface area is 104 Å². The molecular weight excluding hydrogens is 269 g/mol. The lowest BCUT2D eigenvalue weighted by molar-refractivity contribution is -0.138. The Morgan fingerprint density at radius 3 is 2.00 bits per heavy atom. The molecule has 102 valence electrons. The Morgan fingerprint density at radius 1 is 1.06 bits per heavy atom. The minimum Gasteiger partial charge on any atom is -0.381 e. The molecule has 0 atom stereocenters. The van der Waals surface area contributed by atoms with Crippen LogP contribution in [-0.4, -0.2) is 13.2 Å². The molecule has 0 radical (unpaired) electrons. The fraction of sp³-hybridized carbons (Fsp3) is 0.455. The van der Waals surface area contributed by atoms with E-state index >= 15 is 0 Å². The maximum atomic E-state index is 12.6. The van der Waals surface area contributed by atoms with Crippen LogP contribution < -0.4 is 4.18 Å². The monoisotopic (exact) mass is 282 g/mol. The number of hydrogen-bond donors (Lipinski definition) is 0. The molecule has 0 aliphatic carbocycles. The highest BCUT2D eigenvalue weighted by Crippen LogP contribution is 2.37. The molecule has 1 rings (SSSR count). The lowest BCUT2D eigenvalue weighted by Crippen LogP contribution is -2.32. The average molecular weight is 282 g/mol. The van der Waals surface area contributed by atoms with Gasteiger partial charge in [-0.05, 0) is 32.9 Å². The zero-order valence-electron chi connectivity index (χ0n) is 10.1. The highest BCUT2D eigenvalue weighted by molar-refractivity contribution is 7.88. The van der Waals surface area contributed by atoms with Crippen molar-refractivity contribution < 1.29 is 25.8 Å². The van der Waals surface area contributed by atoms with Crippen molar-refractivity contribution >= 4 is 10.1 Å². The van der Waals surface area contributed by atoms with Crippen LogP contribution in [0.1, 0.15) is 26.3 Å². The van der Waals surface area contributed by atoms with Crippen molar-refractivity contribution in [3.63, 3.8) is 0 Å². The van der Waals surface area contributed by atoms with Crippen molar-refractivity contribution in [3.05, 3.63) is 29.8 Å². The first-order valence-corrected chi connectivity index (χ1v) is 6.46. The van der Waals surface area contributed by atoms with E-state index in [2.05, 4.69) is 4.18 Å². The van der Waals surface area contributed by atoms with Crippen molar-refractivity contribution in [2.24, 2.45) is 0 Å². The lowest BCUT2D eigenvalue weighted by atomic mass is 10.2. The number of para-hydroxylation sites is 1. The highest BCUT2D eigenvalue weighted by atomic mass is 32.2. The Bertz CT molecular complexity index is 527. The van der Waals surface area contributed by atoms with Crippen molar-refractivity contribution in [1.82, 2.24) is 0 Å². The third-order valence-corrected chi connectivity index (χ3v) is 4.04. The molecular formula is C11H13F3O3S. The zero-order valence-corrected chi connectivity index (χ0v) is 10.9. The Balaban J connectivity index is 3.22. The molecule has 0 bridgehead atoms. The molecule has 0 heterocycles. The molecule has 0 N–H and O–H groups in total. The van der Waals surface area contributed by atoms with Gasteiger partial charge in [0, 0.05) is 0 Å². The van der Waals surface area contributed by atoms with E-state index in [0.717, 1.165) is 12.1 Å². The number of alkyl halides is 3. The van der Waals surface area contributed by atoms with Crippen LogP contribution >= 0.6 is 0 Å². The lowest BCUT2D eigenvalue weighted by Gasteiger charge is -2.20. The Morgan fingerprint density at radius 2 is 1.56 bits per heavy atom. The minimum absolute atomic E-state index is 0.708. The summed E-state index contributed by atoms with van der Waals surface area (Å²) in [5.41, 5.74) is -1.11. The summed E-state index contributed by atoms with van der Waals surface area (Å²) in [6.07, 6.45) is -4.66. The van der Waals surface area contributed by atoms with Crippen LogP contribution in [0.4, 0.5) is 13.2 Å². The van der Waals surface area contributed by atoms with Gasteiger partial charge in [-0.2, -0.15) is 21.6 Å². The van der Waals surface area contributed by atoms with Crippen LogP contribution in [0.15, 0.2) is 24.3 Å². The zero-order chi connectivity index (χ0) is 14.2. The molecule has 3 nitrogen and oxygen atoms in total. The topological polar surface area (TPSA) is 43.4 Å². The SMILES string of the molecule is CC(C)(C)S(=O)(=O)Oc1ccccc1C(F)(F)F. The first-order valence-electron chi connectivity index (χ1n) is 5.05. The molecule has 18 heavy (non-hydrogen) atoms. The predicted octanol–water partition coefficient (Wildman–Crippen LogP) is 3.21. The van der Waals surface area contributed by atoms with Crippen LogP contribution in [0.5, 0.6) is 5.75 Å². The summed E-state index contributed by atoms with van der Waals surface area (Å²) < 4.78 is 64.6. The van der Waals surface area contributed by atoms with E-state index in [1.165, 1.54) is 32.9 Å². The second-order valence-electron chi connectivity index (χ2n) is 4.64. The quantitative estimate of drug-likeness (QED) is 0.782. The van der Waals surface area contributed by atoms with Gasteiger partial charge >= 0.3 is 16.3 Å². The van der Waals surface area contributed by atoms with Crippen LogP contribution in [-0.2, 0) is 16.3 Å². The van der Waals surface area contributed by atoms with Crippen molar-refractivity contribution in [2.45, 2.75) is 31.7 Å². The smallest absolute Gasteiger partial charge is 0.381 e. The van der Waals surface area contributed by atoms with Crippen LogP contribution in [0, 0.1) is 0 Å². The van der Waals surface area contributed by atoms with Crippen molar-refractivity contribution in [3.8, 4) is 5.75 Å². The second kappa shape index (κ2) is 4.46. The first-order chi connectivity index (χ1) is 7.95. The van der Waals surface area contributed by atoms with E-state index in [0.29, 0.717) is 0 Å². The fourth-order valence-electron chi connectivity index (χ4n) is 1.02. The normalized spacial score (nSPS) is 13.4. The summed E-state index contributed by atoms with van der Waals surface area (Å²) in [6.45, 7) is 4.04. The third-order valence-electron chi connectivity index (χ3n) is 2.14. The van der Waals surface area contributed by atoms with E-state index in [4.69, 9.17) is 0 Å². The van der Waals surface area contributed by atoms with Gasteiger partial charge in [0.1, 0.15) is 0 Å². The van der Waals surface area contributed by atoms with Crippen molar-refractivity contribution in [1.29, 1.82) is 0 Å². The number of benzene rings is 1. The van der Waals surface area contributed by atoms with E-state index < -0.39 is 32.4 Å². The van der Waals surface area contributed by atoms with E-state index in [9.17, 15) is 21.6 Å². The fourth-order valence-corrected chi connectivity index (χ4v) is 1.65. The molecule has 0 aromatic heterocycles. The maximum absolute atomic E-state index is 12.6. The molecule has 0 saturated heterocycles. The number of halogens is 3. The summed E-state index contributed by atoms with van der Waals surface area (Å²) in [4.78, 5) is 0. The van der Waals surface area contributed by atoms with Gasteiger partial charge in [0.15, 0.2) is 5.75 Å². The average Bonchev–Trinajstić information content (AvgIpc) is 2.14. The van der Waals surface area contributed by atoms with Gasteiger partial charge in [0.05, 0.1) is 10.3 Å². The highest BCUT2D eigenvalue weighted by Gasteiger charge is 2.37. The number of hydrogen-bond acceptors (Lipinski definition) is 3. The minimum atomic E-state index is -4.66. The predicted molar refractivity (Wildman–Crippen MR) is 60.7 cm³/mol. The van der Waals surface area contributed by atoms with Crippen LogP contribution in [0.3, 0.4) is 0 Å². The molecule has 0 saturated carbocycles. The summed E-state index contributed by atoms with van der Waals surface area (Å²) in [6, 6.07) is 4.20. The van der Waals surface area contributed by atoms with Gasteiger partial charge in [-0.15, -0.1) is 0 Å². The van der Waals surface area contributed by atoms with Gasteiger partial charge in [0.25, 0.3) is 0 Å². The molecule has 0 unspecified atom stereocenters. The summed E-state index contributed by atoms with van der Waals surface area (Å²) in [5.74, 6) is -0.708. The summed E-state index contributed by atoms with van der Waals surface area (Å²) >= 11 is 0. The van der Waals surface area contributed by atoms with E-state index in [-0.39, 0.29) is 0 Å². The molecule has 0 fully saturated rings. The molecule has 1 aromatic rings. The van der Waals surface area contributed by atoms with Crippen LogP contribution in [0.2, 0.25) is 0 Å². The number of rotatable bonds is 2. The van der Waals surface area contributed by atoms with Gasteiger partial charge in [0.2, 0.25) is 0 Å². The van der Waals surface area contributed by atoms with Crippen molar-refractivity contribution in [2.75, 3.05) is 0 Å². The Hall–Kier alpha value is -1.24. The molecule has 7 heteroatoms. The van der Waals surface area contributed by atoms with Gasteiger partial charge < -0.3 is 4.18 Å². The van der Waals surface area contributed by atoms with Gasteiger partial charge in [-0.1, -0.05) is 12.1 Å². The molecule has 0 aliphatic heterocycles. The standard InChI is InChI=1S/C11H13F3O3S/c1-10(2,3)18(15,16)17-9-7-5-4-6-8(9)11(12,13)14/h4-7H,1-3H3. The molecule has 1 aromatic carbocycles. The largest absolute Gasteiger partial charge is 0.420 e. The molecule has 0 amide bonds. The third kappa shape index (κ3) is 3.16. The van der Waals surface area contributed by atoms with E-state index in [1.807, 2.05) is 0 Å². The summed E-state index contributed by atoms with van der Waals surface area (Å²) in [7, 11) is -4.13. The van der Waals surface area contributed by atoms with E-state index in [1.54, 1.807) is 0 Å². The second-order valence-corrected chi connectivity index (χ2v) is 6.94. The summed E-state index contributed by atoms with van der Waals surface area (Å²) in [5, 5.41) is 0. The molecule has 0 spiro atoms. The Kier molecular flexibility index (Phi) is 3.67. The van der Waals surface area contributed by atoms with Gasteiger partial charge in [-0.3, -0.25) is 0 Å². The van der Waals surface area contributed by atoms with Gasteiger partial charge in [-0.25, -0.2) is 0 Å². The maximum Gasteiger partial charge on any atom is 0.420 e. The van der Waals surface area contributed by atoms with Crippen LogP contribution in [0.25, 0.3) is 0 Å². The first kappa shape index (κ1) is 14.8.